The molecule has 1 N–H and O–H groups in total. The van der Waals surface area contributed by atoms with E-state index in [1.54, 1.807) is 61.5 Å². The molecule has 3 rings (SSSR count). The predicted octanol–water partition coefficient (Wildman–Crippen LogP) is 4.30. The highest BCUT2D eigenvalue weighted by molar-refractivity contribution is 7.92. The van der Waals surface area contributed by atoms with Crippen molar-refractivity contribution in [2.75, 3.05) is 10.8 Å². The van der Waals surface area contributed by atoms with E-state index in [0.29, 0.717) is 10.7 Å². The molecule has 3 aromatic carbocycles. The van der Waals surface area contributed by atoms with Gasteiger partial charge >= 0.3 is 0 Å². The van der Waals surface area contributed by atoms with Gasteiger partial charge in [-0.3, -0.25) is 9.10 Å². The average molecular weight is 456 g/mol. The first-order valence-electron chi connectivity index (χ1n) is 9.50. The zero-order valence-electron chi connectivity index (χ0n) is 17.1. The highest BCUT2D eigenvalue weighted by Crippen LogP contribution is 2.26. The Morgan fingerprint density at radius 1 is 1.00 bits per heavy atom. The monoisotopic (exact) mass is 455 g/mol. The first-order valence-corrected chi connectivity index (χ1v) is 11.3. The molecule has 0 bridgehead atoms. The lowest BCUT2D eigenvalue weighted by Crippen LogP contribution is -2.40. The summed E-state index contributed by atoms with van der Waals surface area (Å²) in [5.41, 5.74) is 5.24. The largest absolute Gasteiger partial charge is 0.271 e. The Kier molecular flexibility index (Phi) is 7.09. The van der Waals surface area contributed by atoms with Crippen molar-refractivity contribution >= 4 is 39.4 Å². The van der Waals surface area contributed by atoms with Gasteiger partial charge in [0.15, 0.2) is 0 Å². The van der Waals surface area contributed by atoms with Crippen LogP contribution in [0.1, 0.15) is 16.7 Å². The lowest BCUT2D eigenvalue weighted by atomic mass is 10.2. The predicted molar refractivity (Wildman–Crippen MR) is 124 cm³/mol. The lowest BCUT2D eigenvalue weighted by Gasteiger charge is -2.25. The van der Waals surface area contributed by atoms with Crippen molar-refractivity contribution in [3.8, 4) is 0 Å². The molecule has 0 aliphatic heterocycles. The number of para-hydroxylation sites is 1. The molecule has 0 radical (unpaired) electrons. The fraction of sp³-hybridized carbons (Fsp3) is 0.130. The number of aryl methyl sites for hydroxylation is 2. The second-order valence-electron chi connectivity index (χ2n) is 6.96. The number of sulfonamides is 1. The van der Waals surface area contributed by atoms with Gasteiger partial charge in [-0.2, -0.15) is 5.10 Å². The standard InChI is InChI=1S/C23H22ClN3O3S/c1-17-7-13-21(14-8-17)31(29,30)27(22-6-4-3-5-18(22)2)16-23(28)26-25-15-19-9-11-20(24)12-10-19/h3-15H,16H2,1-2H3,(H,26,28)/b25-15+. The molecule has 0 atom stereocenters. The van der Waals surface area contributed by atoms with Crippen LogP contribution in [0.2, 0.25) is 5.02 Å². The van der Waals surface area contributed by atoms with E-state index in [2.05, 4.69) is 10.5 Å². The lowest BCUT2D eigenvalue weighted by molar-refractivity contribution is -0.119. The molecule has 8 heteroatoms. The van der Waals surface area contributed by atoms with Crippen molar-refractivity contribution in [1.82, 2.24) is 5.43 Å². The molecule has 0 fully saturated rings. The number of anilines is 1. The first kappa shape index (κ1) is 22.5. The number of hydrogen-bond acceptors (Lipinski definition) is 4. The highest BCUT2D eigenvalue weighted by Gasteiger charge is 2.28. The number of nitrogens with zero attached hydrogens (tertiary/aromatic N) is 2. The number of hydrogen-bond donors (Lipinski definition) is 1. The number of nitrogens with one attached hydrogen (secondary N) is 1. The number of benzene rings is 3. The van der Waals surface area contributed by atoms with Gasteiger partial charge in [0.25, 0.3) is 15.9 Å². The Bertz CT molecular complexity index is 1190. The van der Waals surface area contributed by atoms with E-state index in [1.165, 1.54) is 18.3 Å². The Labute approximate surface area is 187 Å². The van der Waals surface area contributed by atoms with E-state index < -0.39 is 22.5 Å². The van der Waals surface area contributed by atoms with Crippen LogP contribution in [0, 0.1) is 13.8 Å². The van der Waals surface area contributed by atoms with Gasteiger partial charge in [0.1, 0.15) is 6.54 Å². The third-order valence-corrected chi connectivity index (χ3v) is 6.58. The molecule has 0 aliphatic carbocycles. The van der Waals surface area contributed by atoms with Gasteiger partial charge < -0.3 is 0 Å². The van der Waals surface area contributed by atoms with E-state index in [0.717, 1.165) is 21.0 Å². The fourth-order valence-electron chi connectivity index (χ4n) is 2.87. The number of carbonyl (C=O) groups is 1. The van der Waals surface area contributed by atoms with Gasteiger partial charge in [-0.25, -0.2) is 13.8 Å². The fourth-order valence-corrected chi connectivity index (χ4v) is 4.49. The van der Waals surface area contributed by atoms with Crippen LogP contribution < -0.4 is 9.73 Å². The molecule has 0 spiro atoms. The topological polar surface area (TPSA) is 78.8 Å². The molecular weight excluding hydrogens is 434 g/mol. The Hall–Kier alpha value is -3.16. The summed E-state index contributed by atoms with van der Waals surface area (Å²) in [5, 5.41) is 4.51. The van der Waals surface area contributed by atoms with Crippen LogP contribution in [0.15, 0.2) is 82.8 Å². The molecule has 160 valence electrons. The van der Waals surface area contributed by atoms with E-state index in [4.69, 9.17) is 11.6 Å². The Balaban J connectivity index is 1.85. The van der Waals surface area contributed by atoms with Crippen molar-refractivity contribution in [1.29, 1.82) is 0 Å². The number of rotatable bonds is 7. The zero-order chi connectivity index (χ0) is 22.4. The van der Waals surface area contributed by atoms with Crippen LogP contribution in [0.4, 0.5) is 5.69 Å². The van der Waals surface area contributed by atoms with Crippen molar-refractivity contribution in [3.63, 3.8) is 0 Å². The van der Waals surface area contributed by atoms with Crippen LogP contribution in [-0.4, -0.2) is 27.1 Å². The van der Waals surface area contributed by atoms with E-state index in [9.17, 15) is 13.2 Å². The summed E-state index contributed by atoms with van der Waals surface area (Å²) < 4.78 is 27.8. The summed E-state index contributed by atoms with van der Waals surface area (Å²) >= 11 is 5.85. The summed E-state index contributed by atoms with van der Waals surface area (Å²) in [6.07, 6.45) is 1.46. The van der Waals surface area contributed by atoms with E-state index in [1.807, 2.05) is 13.0 Å². The highest BCUT2D eigenvalue weighted by atomic mass is 35.5. The molecule has 0 aliphatic rings. The van der Waals surface area contributed by atoms with Crippen molar-refractivity contribution in [2.24, 2.45) is 5.10 Å². The van der Waals surface area contributed by atoms with Gasteiger partial charge in [0.2, 0.25) is 0 Å². The quantitative estimate of drug-likeness (QED) is 0.426. The van der Waals surface area contributed by atoms with Gasteiger partial charge in [-0.05, 0) is 55.3 Å². The van der Waals surface area contributed by atoms with Gasteiger partial charge in [-0.1, -0.05) is 59.6 Å². The van der Waals surface area contributed by atoms with Crippen LogP contribution >= 0.6 is 11.6 Å². The van der Waals surface area contributed by atoms with Crippen LogP contribution in [-0.2, 0) is 14.8 Å². The summed E-state index contributed by atoms with van der Waals surface area (Å²) in [5.74, 6) is -0.566. The van der Waals surface area contributed by atoms with E-state index in [-0.39, 0.29) is 4.90 Å². The summed E-state index contributed by atoms with van der Waals surface area (Å²) in [4.78, 5) is 12.7. The normalized spacial score (nSPS) is 11.5. The minimum absolute atomic E-state index is 0.110. The van der Waals surface area contributed by atoms with Crippen LogP contribution in [0.3, 0.4) is 0 Å². The number of hydrazone groups is 1. The number of carbonyl (C=O) groups excluding carboxylic acids is 1. The second kappa shape index (κ2) is 9.76. The molecule has 0 saturated carbocycles. The molecular formula is C23H22ClN3O3S. The maximum atomic E-state index is 13.4. The Morgan fingerprint density at radius 2 is 1.65 bits per heavy atom. The third-order valence-electron chi connectivity index (χ3n) is 4.55. The third kappa shape index (κ3) is 5.71. The summed E-state index contributed by atoms with van der Waals surface area (Å²) in [6, 6.07) is 20.4. The van der Waals surface area contributed by atoms with Crippen molar-refractivity contribution in [3.05, 3.63) is 94.5 Å². The molecule has 0 aromatic heterocycles. The number of amides is 1. The molecule has 0 heterocycles. The first-order chi connectivity index (χ1) is 14.8. The minimum Gasteiger partial charge on any atom is -0.271 e. The average Bonchev–Trinajstić information content (AvgIpc) is 2.74. The Morgan fingerprint density at radius 3 is 2.29 bits per heavy atom. The molecule has 6 nitrogen and oxygen atoms in total. The molecule has 1 amide bonds. The van der Waals surface area contributed by atoms with Gasteiger partial charge in [-0.15, -0.1) is 0 Å². The maximum absolute atomic E-state index is 13.4. The molecule has 3 aromatic rings. The zero-order valence-corrected chi connectivity index (χ0v) is 18.7. The SMILES string of the molecule is Cc1ccc(S(=O)(=O)N(CC(=O)N/N=C/c2ccc(Cl)cc2)c2ccccc2C)cc1. The molecule has 31 heavy (non-hydrogen) atoms. The van der Waals surface area contributed by atoms with Crippen molar-refractivity contribution in [2.45, 2.75) is 18.7 Å². The maximum Gasteiger partial charge on any atom is 0.264 e. The van der Waals surface area contributed by atoms with Crippen molar-refractivity contribution < 1.29 is 13.2 Å². The number of halogens is 1. The van der Waals surface area contributed by atoms with Crippen LogP contribution in [0.5, 0.6) is 0 Å². The summed E-state index contributed by atoms with van der Waals surface area (Å²) in [7, 11) is -3.96. The molecule has 0 unspecified atom stereocenters. The smallest absolute Gasteiger partial charge is 0.264 e. The van der Waals surface area contributed by atoms with Gasteiger partial charge in [0, 0.05) is 5.02 Å². The second-order valence-corrected chi connectivity index (χ2v) is 9.25. The molecule has 0 saturated heterocycles. The van der Waals surface area contributed by atoms with E-state index >= 15 is 0 Å². The van der Waals surface area contributed by atoms with Gasteiger partial charge in [0.05, 0.1) is 16.8 Å². The summed E-state index contributed by atoms with van der Waals surface area (Å²) in [6.45, 7) is 3.25. The minimum atomic E-state index is -3.96. The van der Waals surface area contributed by atoms with Crippen LogP contribution in [0.25, 0.3) is 0 Å².